The first kappa shape index (κ1) is 13.9. The van der Waals surface area contributed by atoms with Gasteiger partial charge in [0.05, 0.1) is 11.5 Å². The van der Waals surface area contributed by atoms with Crippen molar-refractivity contribution in [2.75, 3.05) is 19.1 Å². The maximum atomic E-state index is 10.6. The molecule has 1 heterocycles. The van der Waals surface area contributed by atoms with Crippen molar-refractivity contribution < 1.29 is 9.66 Å². The van der Waals surface area contributed by atoms with Gasteiger partial charge in [-0.2, -0.15) is 0 Å². The largest absolute Gasteiger partial charge is 0.380 e. The van der Waals surface area contributed by atoms with Crippen molar-refractivity contribution in [3.05, 3.63) is 52.3 Å². The SMILES string of the molecule is COCc1ccccc1N(C)c1ncc([N+](=O)[O-])cn1. The van der Waals surface area contributed by atoms with Crippen LogP contribution in [-0.2, 0) is 11.3 Å². The van der Waals surface area contributed by atoms with E-state index in [0.29, 0.717) is 12.6 Å². The normalized spacial score (nSPS) is 10.3. The Hall–Kier alpha value is -2.54. The molecule has 7 heteroatoms. The molecule has 104 valence electrons. The molecule has 0 spiro atoms. The fraction of sp³-hybridized carbons (Fsp3) is 0.231. The van der Waals surface area contributed by atoms with E-state index in [4.69, 9.17) is 4.74 Å². The second-order valence-electron chi connectivity index (χ2n) is 4.12. The Kier molecular flexibility index (Phi) is 4.21. The Morgan fingerprint density at radius 1 is 1.30 bits per heavy atom. The highest BCUT2D eigenvalue weighted by Crippen LogP contribution is 2.25. The second kappa shape index (κ2) is 6.07. The van der Waals surface area contributed by atoms with Gasteiger partial charge in [0.15, 0.2) is 0 Å². The topological polar surface area (TPSA) is 81.4 Å². The van der Waals surface area contributed by atoms with Crippen LogP contribution in [0.3, 0.4) is 0 Å². The maximum absolute atomic E-state index is 10.6. The summed E-state index contributed by atoms with van der Waals surface area (Å²) in [7, 11) is 3.43. The van der Waals surface area contributed by atoms with Crippen molar-refractivity contribution in [1.82, 2.24) is 9.97 Å². The molecule has 0 radical (unpaired) electrons. The number of para-hydroxylation sites is 1. The molecule has 20 heavy (non-hydrogen) atoms. The number of hydrogen-bond acceptors (Lipinski definition) is 6. The lowest BCUT2D eigenvalue weighted by molar-refractivity contribution is -0.385. The Morgan fingerprint density at radius 3 is 2.55 bits per heavy atom. The fourth-order valence-electron chi connectivity index (χ4n) is 1.81. The van der Waals surface area contributed by atoms with E-state index in [1.165, 1.54) is 12.4 Å². The van der Waals surface area contributed by atoms with Crippen LogP contribution < -0.4 is 4.90 Å². The minimum absolute atomic E-state index is 0.132. The zero-order chi connectivity index (χ0) is 14.5. The third-order valence-corrected chi connectivity index (χ3v) is 2.79. The Bertz CT molecular complexity index is 601. The van der Waals surface area contributed by atoms with Crippen LogP contribution in [-0.4, -0.2) is 29.0 Å². The van der Waals surface area contributed by atoms with Crippen LogP contribution in [0.5, 0.6) is 0 Å². The van der Waals surface area contributed by atoms with Gasteiger partial charge in [0.1, 0.15) is 12.4 Å². The summed E-state index contributed by atoms with van der Waals surface area (Å²) >= 11 is 0. The molecule has 0 aliphatic heterocycles. The molecule has 2 aromatic rings. The number of nitrogens with zero attached hydrogens (tertiary/aromatic N) is 4. The molecule has 0 bridgehead atoms. The van der Waals surface area contributed by atoms with Gasteiger partial charge in [-0.3, -0.25) is 10.1 Å². The second-order valence-corrected chi connectivity index (χ2v) is 4.12. The first-order valence-corrected chi connectivity index (χ1v) is 5.90. The molecule has 0 unspecified atom stereocenters. The average Bonchev–Trinajstić information content (AvgIpc) is 2.47. The molecular formula is C13H14N4O3. The van der Waals surface area contributed by atoms with Crippen LogP contribution in [0.25, 0.3) is 0 Å². The molecule has 0 fully saturated rings. The van der Waals surface area contributed by atoms with Crippen molar-refractivity contribution in [2.24, 2.45) is 0 Å². The number of anilines is 2. The lowest BCUT2D eigenvalue weighted by atomic mass is 10.2. The van der Waals surface area contributed by atoms with Gasteiger partial charge in [-0.1, -0.05) is 18.2 Å². The maximum Gasteiger partial charge on any atom is 0.305 e. The third kappa shape index (κ3) is 2.89. The van der Waals surface area contributed by atoms with Gasteiger partial charge in [0, 0.05) is 25.4 Å². The molecule has 0 amide bonds. The summed E-state index contributed by atoms with van der Waals surface area (Å²) in [6, 6.07) is 7.68. The summed E-state index contributed by atoms with van der Waals surface area (Å²) in [6.07, 6.45) is 2.38. The zero-order valence-electron chi connectivity index (χ0n) is 11.2. The van der Waals surface area contributed by atoms with E-state index in [0.717, 1.165) is 11.3 Å². The highest BCUT2D eigenvalue weighted by Gasteiger charge is 2.13. The predicted octanol–water partition coefficient (Wildman–Crippen LogP) is 2.30. The van der Waals surface area contributed by atoms with E-state index in [9.17, 15) is 10.1 Å². The van der Waals surface area contributed by atoms with Crippen LogP contribution in [0.1, 0.15) is 5.56 Å². The number of aromatic nitrogens is 2. The molecule has 0 saturated heterocycles. The zero-order valence-corrected chi connectivity index (χ0v) is 11.2. The van der Waals surface area contributed by atoms with Gasteiger partial charge in [-0.05, 0) is 6.07 Å². The third-order valence-electron chi connectivity index (χ3n) is 2.79. The van der Waals surface area contributed by atoms with Crippen molar-refractivity contribution >= 4 is 17.3 Å². The minimum atomic E-state index is -0.525. The van der Waals surface area contributed by atoms with E-state index in [-0.39, 0.29) is 5.69 Å². The molecular weight excluding hydrogens is 260 g/mol. The molecule has 0 N–H and O–H groups in total. The number of nitro groups is 1. The Morgan fingerprint density at radius 2 is 1.95 bits per heavy atom. The van der Waals surface area contributed by atoms with Crippen LogP contribution in [0.4, 0.5) is 17.3 Å². The predicted molar refractivity (Wildman–Crippen MR) is 73.9 cm³/mol. The van der Waals surface area contributed by atoms with Gasteiger partial charge >= 0.3 is 5.69 Å². The summed E-state index contributed by atoms with van der Waals surface area (Å²) in [5.41, 5.74) is 1.75. The quantitative estimate of drug-likeness (QED) is 0.614. The summed E-state index contributed by atoms with van der Waals surface area (Å²) < 4.78 is 5.15. The van der Waals surface area contributed by atoms with Gasteiger partial charge in [-0.25, -0.2) is 9.97 Å². The minimum Gasteiger partial charge on any atom is -0.380 e. The van der Waals surface area contributed by atoms with Gasteiger partial charge in [0.2, 0.25) is 5.95 Å². The molecule has 7 nitrogen and oxygen atoms in total. The van der Waals surface area contributed by atoms with Crippen LogP contribution >= 0.6 is 0 Å². The summed E-state index contributed by atoms with van der Waals surface area (Å²) in [6.45, 7) is 0.466. The van der Waals surface area contributed by atoms with E-state index >= 15 is 0 Å². The molecule has 0 aliphatic carbocycles. The van der Waals surface area contributed by atoms with Crippen molar-refractivity contribution in [3.8, 4) is 0 Å². The number of ether oxygens (including phenoxy) is 1. The summed E-state index contributed by atoms with van der Waals surface area (Å²) in [5, 5.41) is 10.6. The Balaban J connectivity index is 2.31. The van der Waals surface area contributed by atoms with Gasteiger partial charge in [0.25, 0.3) is 0 Å². The Labute approximate surface area is 116 Å². The average molecular weight is 274 g/mol. The molecule has 0 atom stereocenters. The van der Waals surface area contributed by atoms with Crippen LogP contribution in [0, 0.1) is 10.1 Å². The van der Waals surface area contributed by atoms with E-state index in [1.807, 2.05) is 24.3 Å². The summed E-state index contributed by atoms with van der Waals surface area (Å²) in [4.78, 5) is 19.8. The van der Waals surface area contributed by atoms with Gasteiger partial charge < -0.3 is 9.64 Å². The molecule has 0 saturated carbocycles. The smallest absolute Gasteiger partial charge is 0.305 e. The molecule has 0 aliphatic rings. The van der Waals surface area contributed by atoms with Crippen molar-refractivity contribution in [1.29, 1.82) is 0 Å². The lowest BCUT2D eigenvalue weighted by Crippen LogP contribution is -2.15. The molecule has 1 aromatic heterocycles. The van der Waals surface area contributed by atoms with Gasteiger partial charge in [-0.15, -0.1) is 0 Å². The highest BCUT2D eigenvalue weighted by molar-refractivity contribution is 5.60. The fourth-order valence-corrected chi connectivity index (χ4v) is 1.81. The van der Waals surface area contributed by atoms with E-state index < -0.39 is 4.92 Å². The van der Waals surface area contributed by atoms with Crippen LogP contribution in [0.15, 0.2) is 36.7 Å². The first-order valence-electron chi connectivity index (χ1n) is 5.90. The highest BCUT2D eigenvalue weighted by atomic mass is 16.6. The van der Waals surface area contributed by atoms with E-state index in [2.05, 4.69) is 9.97 Å². The lowest BCUT2D eigenvalue weighted by Gasteiger charge is -2.19. The van der Waals surface area contributed by atoms with Crippen molar-refractivity contribution in [2.45, 2.75) is 6.61 Å². The van der Waals surface area contributed by atoms with Crippen LogP contribution in [0.2, 0.25) is 0 Å². The molecule has 1 aromatic carbocycles. The van der Waals surface area contributed by atoms with Crippen molar-refractivity contribution in [3.63, 3.8) is 0 Å². The number of hydrogen-bond donors (Lipinski definition) is 0. The standard InChI is InChI=1S/C13H14N4O3/c1-16(12-6-4-3-5-10(12)9-20-2)13-14-7-11(8-15-13)17(18)19/h3-8H,9H2,1-2H3. The number of methoxy groups -OCH3 is 1. The number of benzene rings is 1. The number of rotatable bonds is 5. The van der Waals surface area contributed by atoms with E-state index in [1.54, 1.807) is 19.1 Å². The molecule has 2 rings (SSSR count). The first-order chi connectivity index (χ1) is 9.63. The monoisotopic (exact) mass is 274 g/mol. The summed E-state index contributed by atoms with van der Waals surface area (Å²) in [5.74, 6) is 0.388.